The van der Waals surface area contributed by atoms with Crippen molar-refractivity contribution in [3.05, 3.63) is 58.0 Å². The fourth-order valence-electron chi connectivity index (χ4n) is 2.27. The normalized spacial score (nSPS) is 11.1. The minimum atomic E-state index is -0.166. The summed E-state index contributed by atoms with van der Waals surface area (Å²) in [6, 6.07) is 11.2. The molecule has 0 saturated carbocycles. The second-order valence-corrected chi connectivity index (χ2v) is 4.62. The summed E-state index contributed by atoms with van der Waals surface area (Å²) >= 11 is 5.92. The minimum absolute atomic E-state index is 0.166. The Kier molecular flexibility index (Phi) is 2.87. The minimum Gasteiger partial charge on any atom is -0.306 e. The van der Waals surface area contributed by atoms with Gasteiger partial charge in [-0.3, -0.25) is 4.79 Å². The Balaban J connectivity index is 2.40. The second-order valence-electron chi connectivity index (χ2n) is 4.35. The van der Waals surface area contributed by atoms with E-state index < -0.39 is 0 Å². The van der Waals surface area contributed by atoms with Gasteiger partial charge in [0.15, 0.2) is 0 Å². The van der Waals surface area contributed by atoms with E-state index in [1.54, 1.807) is 4.68 Å². The van der Waals surface area contributed by atoms with Gasteiger partial charge in [-0.15, -0.1) is 11.6 Å². The van der Waals surface area contributed by atoms with Crippen LogP contribution in [0.25, 0.3) is 16.7 Å². The number of rotatable bonds is 2. The third kappa shape index (κ3) is 1.94. The van der Waals surface area contributed by atoms with Gasteiger partial charge < -0.3 is 4.98 Å². The number of nitrogens with one attached hydrogen (secondary N) is 1. The van der Waals surface area contributed by atoms with Gasteiger partial charge >= 0.3 is 0 Å². The summed E-state index contributed by atoms with van der Waals surface area (Å²) in [4.78, 5) is 14.5. The van der Waals surface area contributed by atoms with Gasteiger partial charge in [0, 0.05) is 17.3 Å². The zero-order valence-electron chi connectivity index (χ0n) is 10.4. The van der Waals surface area contributed by atoms with Crippen LogP contribution in [0.5, 0.6) is 0 Å². The first kappa shape index (κ1) is 12.0. The van der Waals surface area contributed by atoms with Crippen molar-refractivity contribution in [3.8, 4) is 5.69 Å². The van der Waals surface area contributed by atoms with E-state index in [-0.39, 0.29) is 5.56 Å². The van der Waals surface area contributed by atoms with Gasteiger partial charge in [-0.05, 0) is 24.6 Å². The predicted molar refractivity (Wildman–Crippen MR) is 76.0 cm³/mol. The zero-order valence-corrected chi connectivity index (χ0v) is 11.1. The molecule has 0 aliphatic rings. The number of aryl methyl sites for hydroxylation is 1. The fourth-order valence-corrected chi connectivity index (χ4v) is 2.48. The summed E-state index contributed by atoms with van der Waals surface area (Å²) in [7, 11) is 0. The first-order chi connectivity index (χ1) is 9.20. The molecule has 0 aliphatic carbocycles. The number of hydrogen-bond acceptors (Lipinski definition) is 2. The van der Waals surface area contributed by atoms with Crippen LogP contribution in [-0.4, -0.2) is 14.8 Å². The van der Waals surface area contributed by atoms with E-state index in [9.17, 15) is 4.79 Å². The van der Waals surface area contributed by atoms with Crippen LogP contribution in [0, 0.1) is 6.92 Å². The molecule has 2 aromatic heterocycles. The molecule has 3 rings (SSSR count). The van der Waals surface area contributed by atoms with E-state index in [1.165, 1.54) is 6.07 Å². The predicted octanol–water partition coefficient (Wildman–Crippen LogP) is 2.76. The summed E-state index contributed by atoms with van der Waals surface area (Å²) in [6.45, 7) is 1.91. The van der Waals surface area contributed by atoms with E-state index in [0.29, 0.717) is 11.5 Å². The number of H-pyrrole nitrogens is 1. The van der Waals surface area contributed by atoms with E-state index in [4.69, 9.17) is 11.6 Å². The summed E-state index contributed by atoms with van der Waals surface area (Å²) in [5.41, 5.74) is 3.08. The standard InChI is InChI=1S/C14H12ClN3O/c1-9-13-10(8-15)7-12(19)16-14(13)18(17-9)11-5-3-2-4-6-11/h2-7H,8H2,1H3,(H,16,19). The molecule has 0 bridgehead atoms. The lowest BCUT2D eigenvalue weighted by Gasteiger charge is -2.03. The number of para-hydroxylation sites is 1. The number of alkyl halides is 1. The molecule has 0 fully saturated rings. The van der Waals surface area contributed by atoms with E-state index in [1.807, 2.05) is 37.3 Å². The maximum Gasteiger partial charge on any atom is 0.249 e. The van der Waals surface area contributed by atoms with Gasteiger partial charge in [-0.2, -0.15) is 5.10 Å². The van der Waals surface area contributed by atoms with Gasteiger partial charge in [0.1, 0.15) is 5.65 Å². The van der Waals surface area contributed by atoms with Crippen LogP contribution < -0.4 is 5.56 Å². The number of benzene rings is 1. The Morgan fingerprint density at radius 1 is 1.32 bits per heavy atom. The van der Waals surface area contributed by atoms with Gasteiger partial charge in [-0.1, -0.05) is 18.2 Å². The Bertz CT molecular complexity index is 790. The average Bonchev–Trinajstić information content (AvgIpc) is 2.76. The molecule has 0 spiro atoms. The molecular weight excluding hydrogens is 262 g/mol. The molecule has 0 unspecified atom stereocenters. The Morgan fingerprint density at radius 2 is 2.05 bits per heavy atom. The maximum absolute atomic E-state index is 11.7. The van der Waals surface area contributed by atoms with E-state index in [0.717, 1.165) is 22.3 Å². The topological polar surface area (TPSA) is 50.7 Å². The molecule has 19 heavy (non-hydrogen) atoms. The van der Waals surface area contributed by atoms with Crippen molar-refractivity contribution in [3.63, 3.8) is 0 Å². The van der Waals surface area contributed by atoms with Gasteiger partial charge in [0.25, 0.3) is 0 Å². The molecule has 0 saturated heterocycles. The summed E-state index contributed by atoms with van der Waals surface area (Å²) < 4.78 is 1.74. The second kappa shape index (κ2) is 4.55. The van der Waals surface area contributed by atoms with Crippen molar-refractivity contribution in [2.45, 2.75) is 12.8 Å². The van der Waals surface area contributed by atoms with Gasteiger partial charge in [-0.25, -0.2) is 4.68 Å². The molecule has 1 aromatic carbocycles. The number of aromatic nitrogens is 3. The smallest absolute Gasteiger partial charge is 0.249 e. The third-order valence-electron chi connectivity index (χ3n) is 3.07. The van der Waals surface area contributed by atoms with Crippen LogP contribution in [-0.2, 0) is 5.88 Å². The maximum atomic E-state index is 11.7. The number of pyridine rings is 1. The molecular formula is C14H12ClN3O. The van der Waals surface area contributed by atoms with Crippen molar-refractivity contribution in [1.29, 1.82) is 0 Å². The van der Waals surface area contributed by atoms with Crippen molar-refractivity contribution in [1.82, 2.24) is 14.8 Å². The first-order valence-corrected chi connectivity index (χ1v) is 6.47. The van der Waals surface area contributed by atoms with Crippen LogP contribution >= 0.6 is 11.6 Å². The van der Waals surface area contributed by atoms with Crippen LogP contribution in [0.15, 0.2) is 41.2 Å². The molecule has 0 atom stereocenters. The summed E-state index contributed by atoms with van der Waals surface area (Å²) in [5, 5.41) is 5.41. The van der Waals surface area contributed by atoms with Crippen LogP contribution in [0.2, 0.25) is 0 Å². The van der Waals surface area contributed by atoms with Gasteiger partial charge in [0.2, 0.25) is 5.56 Å². The Hall–Kier alpha value is -2.07. The highest BCUT2D eigenvalue weighted by molar-refractivity contribution is 6.18. The quantitative estimate of drug-likeness (QED) is 0.730. The zero-order chi connectivity index (χ0) is 13.4. The lowest BCUT2D eigenvalue weighted by atomic mass is 10.2. The van der Waals surface area contributed by atoms with Crippen LogP contribution in [0.3, 0.4) is 0 Å². The molecule has 96 valence electrons. The van der Waals surface area contributed by atoms with Crippen LogP contribution in [0.4, 0.5) is 0 Å². The lowest BCUT2D eigenvalue weighted by Crippen LogP contribution is -2.08. The van der Waals surface area contributed by atoms with Crippen LogP contribution in [0.1, 0.15) is 11.3 Å². The highest BCUT2D eigenvalue weighted by atomic mass is 35.5. The summed E-state index contributed by atoms with van der Waals surface area (Å²) in [5.74, 6) is 0.293. The van der Waals surface area contributed by atoms with Crippen molar-refractivity contribution in [2.75, 3.05) is 0 Å². The van der Waals surface area contributed by atoms with Crippen molar-refractivity contribution >= 4 is 22.6 Å². The molecule has 0 radical (unpaired) electrons. The highest BCUT2D eigenvalue weighted by Gasteiger charge is 2.13. The Labute approximate surface area is 114 Å². The number of halogens is 1. The number of nitrogens with zero attached hydrogens (tertiary/aromatic N) is 2. The van der Waals surface area contributed by atoms with Crippen molar-refractivity contribution < 1.29 is 0 Å². The van der Waals surface area contributed by atoms with Gasteiger partial charge in [0.05, 0.1) is 11.4 Å². The van der Waals surface area contributed by atoms with Crippen molar-refractivity contribution in [2.24, 2.45) is 0 Å². The monoisotopic (exact) mass is 273 g/mol. The highest BCUT2D eigenvalue weighted by Crippen LogP contribution is 2.23. The lowest BCUT2D eigenvalue weighted by molar-refractivity contribution is 0.876. The first-order valence-electron chi connectivity index (χ1n) is 5.93. The van der Waals surface area contributed by atoms with E-state index >= 15 is 0 Å². The molecule has 1 N–H and O–H groups in total. The molecule has 3 aromatic rings. The number of aromatic amines is 1. The SMILES string of the molecule is Cc1nn(-c2ccccc2)c2[nH]c(=O)cc(CCl)c12. The summed E-state index contributed by atoms with van der Waals surface area (Å²) in [6.07, 6.45) is 0. The number of fused-ring (bicyclic) bond motifs is 1. The molecule has 0 amide bonds. The molecule has 4 nitrogen and oxygen atoms in total. The number of hydrogen-bond donors (Lipinski definition) is 1. The fraction of sp³-hybridized carbons (Fsp3) is 0.143. The molecule has 0 aliphatic heterocycles. The Morgan fingerprint density at radius 3 is 2.74 bits per heavy atom. The average molecular weight is 274 g/mol. The van der Waals surface area contributed by atoms with E-state index in [2.05, 4.69) is 10.1 Å². The third-order valence-corrected chi connectivity index (χ3v) is 3.36. The molecule has 2 heterocycles. The molecule has 5 heteroatoms. The largest absolute Gasteiger partial charge is 0.306 e.